The maximum atomic E-state index is 13.0. The first-order valence-corrected chi connectivity index (χ1v) is 14.3. The summed E-state index contributed by atoms with van der Waals surface area (Å²) in [6.07, 6.45) is 10.4. The molecule has 0 radical (unpaired) electrons. The van der Waals surface area contributed by atoms with Gasteiger partial charge in [-0.2, -0.15) is 4.73 Å². The predicted octanol–water partition coefficient (Wildman–Crippen LogP) is 5.54. The number of ether oxygens (including phenoxy) is 1. The van der Waals surface area contributed by atoms with Crippen LogP contribution >= 0.6 is 0 Å². The van der Waals surface area contributed by atoms with Crippen LogP contribution in [-0.4, -0.2) is 63.4 Å². The number of carbonyl (C=O) groups is 1. The minimum Gasteiger partial charge on any atom is -0.378 e. The second-order valence-electron chi connectivity index (χ2n) is 10.6. The van der Waals surface area contributed by atoms with E-state index in [0.717, 1.165) is 59.9 Å². The second-order valence-corrected chi connectivity index (χ2v) is 10.6. The van der Waals surface area contributed by atoms with Gasteiger partial charge in [0.2, 0.25) is 0 Å². The van der Waals surface area contributed by atoms with Gasteiger partial charge in [-0.3, -0.25) is 14.9 Å². The Morgan fingerprint density at radius 1 is 1.08 bits per heavy atom. The maximum absolute atomic E-state index is 13.0. The summed E-state index contributed by atoms with van der Waals surface area (Å²) >= 11 is 0. The molecular weight excluding hydrogens is 490 g/mol. The number of amides is 1. The molecule has 39 heavy (non-hydrogen) atoms. The van der Waals surface area contributed by atoms with Crippen LogP contribution in [0.3, 0.4) is 0 Å². The number of para-hydroxylation sites is 1. The Kier molecular flexibility index (Phi) is 7.74. The third-order valence-corrected chi connectivity index (χ3v) is 8.03. The van der Waals surface area contributed by atoms with Crippen LogP contribution in [0.2, 0.25) is 0 Å². The normalized spacial score (nSPS) is 17.6. The summed E-state index contributed by atoms with van der Waals surface area (Å²) in [7, 11) is 0. The van der Waals surface area contributed by atoms with E-state index in [2.05, 4.69) is 36.1 Å². The minimum absolute atomic E-state index is 0.306. The van der Waals surface area contributed by atoms with E-state index in [0.29, 0.717) is 32.3 Å². The SMILES string of the molecule is CCCCCN(Cc1cc2c3ccccc3n(OC(=O)N3CCOCC3)c2cn1)[C@@H]1CCCc2cccnc21. The Bertz CT molecular complexity index is 1440. The number of benzene rings is 1. The molecule has 1 fully saturated rings. The molecule has 8 nitrogen and oxygen atoms in total. The number of hydrogen-bond acceptors (Lipinski definition) is 6. The van der Waals surface area contributed by atoms with Crippen molar-refractivity contribution in [3.63, 3.8) is 0 Å². The Morgan fingerprint density at radius 2 is 1.95 bits per heavy atom. The van der Waals surface area contributed by atoms with Gasteiger partial charge in [-0.25, -0.2) is 4.79 Å². The van der Waals surface area contributed by atoms with E-state index in [4.69, 9.17) is 19.5 Å². The molecule has 0 bridgehead atoms. The van der Waals surface area contributed by atoms with Gasteiger partial charge in [-0.1, -0.05) is 44.0 Å². The number of pyridine rings is 2. The van der Waals surface area contributed by atoms with Gasteiger partial charge in [-0.15, -0.1) is 0 Å². The van der Waals surface area contributed by atoms with Crippen molar-refractivity contribution in [1.29, 1.82) is 0 Å². The number of carbonyl (C=O) groups excluding carboxylic acids is 1. The Hall–Kier alpha value is -3.49. The molecule has 4 heterocycles. The zero-order chi connectivity index (χ0) is 26.6. The van der Waals surface area contributed by atoms with Crippen molar-refractivity contribution in [3.8, 4) is 0 Å². The number of fused-ring (bicyclic) bond motifs is 4. The lowest BCUT2D eigenvalue weighted by Gasteiger charge is -2.35. The number of aryl methyl sites for hydroxylation is 1. The quantitative estimate of drug-likeness (QED) is 0.280. The molecule has 6 rings (SSSR count). The van der Waals surface area contributed by atoms with Crippen LogP contribution in [0.1, 0.15) is 62.0 Å². The van der Waals surface area contributed by atoms with Crippen molar-refractivity contribution < 1.29 is 14.4 Å². The van der Waals surface area contributed by atoms with Gasteiger partial charge in [0, 0.05) is 36.6 Å². The third-order valence-electron chi connectivity index (χ3n) is 8.03. The van der Waals surface area contributed by atoms with E-state index in [1.54, 1.807) is 9.63 Å². The van der Waals surface area contributed by atoms with Crippen LogP contribution in [0.4, 0.5) is 4.79 Å². The fraction of sp³-hybridized carbons (Fsp3) is 0.452. The summed E-state index contributed by atoms with van der Waals surface area (Å²) in [6, 6.07) is 14.8. The van der Waals surface area contributed by atoms with Crippen molar-refractivity contribution in [2.75, 3.05) is 32.8 Å². The molecule has 1 aromatic carbocycles. The summed E-state index contributed by atoms with van der Waals surface area (Å²) in [6.45, 7) is 6.15. The van der Waals surface area contributed by atoms with Crippen LogP contribution in [0.15, 0.2) is 54.9 Å². The molecule has 0 saturated carbocycles. The number of aromatic nitrogens is 3. The lowest BCUT2D eigenvalue weighted by molar-refractivity contribution is 0.0271. The molecule has 0 unspecified atom stereocenters. The van der Waals surface area contributed by atoms with Crippen LogP contribution in [0.5, 0.6) is 0 Å². The van der Waals surface area contributed by atoms with Crippen LogP contribution in [0, 0.1) is 0 Å². The summed E-state index contributed by atoms with van der Waals surface area (Å²) in [5, 5.41) is 2.09. The fourth-order valence-corrected chi connectivity index (χ4v) is 6.00. The predicted molar refractivity (Wildman–Crippen MR) is 151 cm³/mol. The van der Waals surface area contributed by atoms with Crippen molar-refractivity contribution in [1.82, 2.24) is 24.5 Å². The zero-order valence-electron chi connectivity index (χ0n) is 22.7. The van der Waals surface area contributed by atoms with Gasteiger partial charge in [0.15, 0.2) is 0 Å². The number of nitrogens with zero attached hydrogens (tertiary/aromatic N) is 5. The molecule has 1 aliphatic carbocycles. The number of morpholine rings is 1. The summed E-state index contributed by atoms with van der Waals surface area (Å²) in [5.74, 6) is 0. The van der Waals surface area contributed by atoms with Crippen LogP contribution in [0.25, 0.3) is 21.8 Å². The van der Waals surface area contributed by atoms with Gasteiger partial charge >= 0.3 is 6.09 Å². The molecule has 1 amide bonds. The first-order chi connectivity index (χ1) is 19.2. The lowest BCUT2D eigenvalue weighted by Crippen LogP contribution is -2.44. The van der Waals surface area contributed by atoms with Gasteiger partial charge < -0.3 is 14.5 Å². The van der Waals surface area contributed by atoms with Crippen molar-refractivity contribution in [2.24, 2.45) is 0 Å². The van der Waals surface area contributed by atoms with Gasteiger partial charge in [0.05, 0.1) is 42.4 Å². The van der Waals surface area contributed by atoms with Crippen LogP contribution < -0.4 is 4.84 Å². The van der Waals surface area contributed by atoms with Gasteiger partial charge in [0.25, 0.3) is 0 Å². The van der Waals surface area contributed by atoms with Crippen molar-refractivity contribution in [3.05, 3.63) is 71.8 Å². The van der Waals surface area contributed by atoms with Gasteiger partial charge in [0.1, 0.15) is 5.52 Å². The van der Waals surface area contributed by atoms with E-state index >= 15 is 0 Å². The monoisotopic (exact) mass is 527 g/mol. The van der Waals surface area contributed by atoms with E-state index < -0.39 is 0 Å². The van der Waals surface area contributed by atoms with E-state index in [1.165, 1.54) is 30.5 Å². The fourth-order valence-electron chi connectivity index (χ4n) is 6.00. The highest BCUT2D eigenvalue weighted by Gasteiger charge is 2.28. The van der Waals surface area contributed by atoms with Crippen LogP contribution in [-0.2, 0) is 17.7 Å². The molecule has 0 N–H and O–H groups in total. The highest BCUT2D eigenvalue weighted by atomic mass is 16.7. The smallest absolute Gasteiger partial charge is 0.378 e. The maximum Gasteiger partial charge on any atom is 0.434 e. The molecule has 1 aliphatic heterocycles. The topological polar surface area (TPSA) is 72.7 Å². The molecule has 204 valence electrons. The van der Waals surface area contributed by atoms with Crippen molar-refractivity contribution >= 4 is 27.9 Å². The number of unbranched alkanes of at least 4 members (excludes halogenated alkanes) is 2. The highest BCUT2D eigenvalue weighted by molar-refractivity contribution is 6.07. The van der Waals surface area contributed by atoms with E-state index in [9.17, 15) is 4.79 Å². The average molecular weight is 528 g/mol. The molecule has 1 atom stereocenters. The molecule has 8 heteroatoms. The minimum atomic E-state index is -0.365. The van der Waals surface area contributed by atoms with Gasteiger partial charge in [-0.05, 0) is 56.0 Å². The summed E-state index contributed by atoms with van der Waals surface area (Å²) in [5.41, 5.74) is 5.28. The molecule has 0 spiro atoms. The van der Waals surface area contributed by atoms with E-state index in [-0.39, 0.29) is 6.09 Å². The second kappa shape index (κ2) is 11.7. The first kappa shape index (κ1) is 25.8. The number of hydrogen-bond donors (Lipinski definition) is 0. The summed E-state index contributed by atoms with van der Waals surface area (Å²) in [4.78, 5) is 32.9. The molecular formula is C31H37N5O3. The zero-order valence-corrected chi connectivity index (χ0v) is 22.7. The lowest BCUT2D eigenvalue weighted by atomic mass is 9.90. The average Bonchev–Trinajstić information content (AvgIpc) is 3.29. The highest BCUT2D eigenvalue weighted by Crippen LogP contribution is 2.35. The third kappa shape index (κ3) is 5.36. The molecule has 3 aromatic heterocycles. The Labute approximate surface area is 229 Å². The Morgan fingerprint density at radius 3 is 2.82 bits per heavy atom. The molecule has 4 aromatic rings. The Balaban J connectivity index is 1.32. The first-order valence-electron chi connectivity index (χ1n) is 14.3. The summed E-state index contributed by atoms with van der Waals surface area (Å²) < 4.78 is 7.03. The number of rotatable bonds is 8. The molecule has 1 saturated heterocycles. The van der Waals surface area contributed by atoms with Crippen molar-refractivity contribution in [2.45, 2.75) is 58.0 Å². The van der Waals surface area contributed by atoms with E-state index in [1.807, 2.05) is 30.6 Å². The molecule has 2 aliphatic rings. The largest absolute Gasteiger partial charge is 0.434 e. The standard InChI is InChI=1S/C31H37N5O3/c1-2-3-6-15-35(28-13-7-9-23-10-8-14-32-30(23)28)22-24-20-26-25-11-4-5-12-27(25)36(29(26)21-33-24)39-31(37)34-16-18-38-19-17-34/h4-5,8,10-12,14,20-21,28H,2-3,6-7,9,13,15-19,22H2,1H3/t28-/m1/s1.